The summed E-state index contributed by atoms with van der Waals surface area (Å²) in [5, 5.41) is 0. The zero-order valence-electron chi connectivity index (χ0n) is 33.7. The maximum Gasteiger partial charge on any atom is 0.345 e. The van der Waals surface area contributed by atoms with Gasteiger partial charge in [0.15, 0.2) is 26.4 Å². The minimum Gasteiger partial charge on any atom is -0.491 e. The second-order valence-corrected chi connectivity index (χ2v) is 13.8. The number of hydrogen-bond acceptors (Lipinski definition) is 12. The SMILES string of the molecule is C#CCOC(=O)COc1c2cccc1Cc1cccc3c1OCCOCCOCCOCCOCCOc1c(cccc1Cc1cccc(c1OCC(=O)OCC#C)C3)C2. The van der Waals surface area contributed by atoms with Crippen molar-refractivity contribution in [1.29, 1.82) is 0 Å². The number of para-hydroxylation sites is 4. The summed E-state index contributed by atoms with van der Waals surface area (Å²) < 4.78 is 59.3. The number of terminal acetylenes is 2. The number of carbonyl (C=O) groups excluding carboxylic acids is 2. The Morgan fingerprint density at radius 1 is 0.450 bits per heavy atom. The van der Waals surface area contributed by atoms with Crippen LogP contribution in [0, 0.1) is 24.7 Å². The maximum atomic E-state index is 12.7. The highest BCUT2D eigenvalue weighted by molar-refractivity contribution is 5.72. The van der Waals surface area contributed by atoms with Gasteiger partial charge in [0, 0.05) is 25.7 Å². The van der Waals surface area contributed by atoms with Crippen LogP contribution in [0.25, 0.3) is 0 Å². The lowest BCUT2D eigenvalue weighted by molar-refractivity contribution is -0.145. The van der Waals surface area contributed by atoms with E-state index in [4.69, 9.17) is 60.2 Å². The molecule has 0 fully saturated rings. The normalized spacial score (nSPS) is 15.1. The Kier molecular flexibility index (Phi) is 17.1. The highest BCUT2D eigenvalue weighted by atomic mass is 16.6. The lowest BCUT2D eigenvalue weighted by Gasteiger charge is -2.22. The zero-order chi connectivity index (χ0) is 41.8. The first-order valence-electron chi connectivity index (χ1n) is 20.0. The smallest absolute Gasteiger partial charge is 0.345 e. The monoisotopic (exact) mass is 818 g/mol. The molecule has 12 heteroatoms. The largest absolute Gasteiger partial charge is 0.491 e. The molecule has 0 unspecified atom stereocenters. The van der Waals surface area contributed by atoms with Crippen LogP contribution in [0.1, 0.15) is 44.5 Å². The van der Waals surface area contributed by atoms with E-state index in [0.29, 0.717) is 102 Å². The first-order chi connectivity index (χ1) is 29.5. The number of benzene rings is 4. The van der Waals surface area contributed by atoms with Gasteiger partial charge in [0.1, 0.15) is 36.2 Å². The van der Waals surface area contributed by atoms with Gasteiger partial charge in [-0.25, -0.2) is 9.59 Å². The fourth-order valence-electron chi connectivity index (χ4n) is 6.98. The lowest BCUT2D eigenvalue weighted by Crippen LogP contribution is -2.17. The van der Waals surface area contributed by atoms with Crippen molar-refractivity contribution in [2.45, 2.75) is 25.7 Å². The van der Waals surface area contributed by atoms with Gasteiger partial charge in [0.2, 0.25) is 0 Å². The molecule has 0 atom stereocenters. The first-order valence-corrected chi connectivity index (χ1v) is 20.0. The highest BCUT2D eigenvalue weighted by Gasteiger charge is 2.23. The number of rotatable bonds is 8. The summed E-state index contributed by atoms with van der Waals surface area (Å²) in [4.78, 5) is 25.5. The molecular weight excluding hydrogens is 769 g/mol. The van der Waals surface area contributed by atoms with Gasteiger partial charge in [0.05, 0.1) is 52.9 Å². The van der Waals surface area contributed by atoms with Gasteiger partial charge in [-0.1, -0.05) is 84.6 Å². The summed E-state index contributed by atoms with van der Waals surface area (Å²) in [6.07, 6.45) is 12.3. The third-order valence-corrected chi connectivity index (χ3v) is 9.60. The molecule has 4 aromatic carbocycles. The van der Waals surface area contributed by atoms with Gasteiger partial charge < -0.3 is 47.4 Å². The molecule has 2 aliphatic rings. The van der Waals surface area contributed by atoms with Crippen molar-refractivity contribution in [3.05, 3.63) is 117 Å². The molecule has 0 amide bonds. The second-order valence-electron chi connectivity index (χ2n) is 13.8. The number of carbonyl (C=O) groups is 2. The quantitative estimate of drug-likeness (QED) is 0.149. The fourth-order valence-corrected chi connectivity index (χ4v) is 6.98. The van der Waals surface area contributed by atoms with Crippen LogP contribution in [-0.2, 0) is 63.7 Å². The van der Waals surface area contributed by atoms with E-state index in [9.17, 15) is 9.59 Å². The van der Waals surface area contributed by atoms with Crippen molar-refractivity contribution in [1.82, 2.24) is 0 Å². The summed E-state index contributed by atoms with van der Waals surface area (Å²) in [5.41, 5.74) is 6.85. The third kappa shape index (κ3) is 12.7. The Hall–Kier alpha value is -6.02. The van der Waals surface area contributed by atoms with E-state index in [2.05, 4.69) is 11.8 Å². The molecule has 4 aromatic rings. The van der Waals surface area contributed by atoms with Gasteiger partial charge >= 0.3 is 11.9 Å². The van der Waals surface area contributed by atoms with E-state index < -0.39 is 11.9 Å². The lowest BCUT2D eigenvalue weighted by atomic mass is 9.91. The molecule has 1 aliphatic carbocycles. The van der Waals surface area contributed by atoms with E-state index in [1.807, 2.05) is 72.8 Å². The number of esters is 2. The van der Waals surface area contributed by atoms with Gasteiger partial charge in [-0.05, 0) is 44.5 Å². The standard InChI is InChI=1S/C48H50O12/c1-3-17-55-43(49)33-59-47-39-13-7-14-40(47)30-36-10-6-12-38-32-42-16-8-15-41(48(42)60-34-44(50)56-18-4-2)31-37-11-5-9-35(29-39)45(37)57-27-25-53-23-21-51-19-20-52-22-24-54-26-28-58-46(36)38/h1-2,5-16H,17-34H2. The van der Waals surface area contributed by atoms with Crippen molar-refractivity contribution in [3.8, 4) is 47.7 Å². The molecule has 10 bridgehead atoms. The van der Waals surface area contributed by atoms with E-state index in [0.717, 1.165) is 44.5 Å². The van der Waals surface area contributed by atoms with Crippen LogP contribution in [0.4, 0.5) is 0 Å². The van der Waals surface area contributed by atoms with Crippen LogP contribution in [0.15, 0.2) is 72.8 Å². The Balaban J connectivity index is 1.49. The van der Waals surface area contributed by atoms with Crippen LogP contribution in [-0.4, -0.2) is 104 Å². The van der Waals surface area contributed by atoms with Crippen molar-refractivity contribution < 1.29 is 57.0 Å². The van der Waals surface area contributed by atoms with Gasteiger partial charge in [0.25, 0.3) is 0 Å². The van der Waals surface area contributed by atoms with Gasteiger partial charge in [-0.2, -0.15) is 0 Å². The van der Waals surface area contributed by atoms with Crippen LogP contribution >= 0.6 is 0 Å². The third-order valence-electron chi connectivity index (χ3n) is 9.60. The molecular formula is C48H50O12. The number of fused-ring (bicyclic) bond motifs is 2. The van der Waals surface area contributed by atoms with Gasteiger partial charge in [-0.15, -0.1) is 12.8 Å². The Bertz CT molecular complexity index is 1890. The number of hydrogen-bond donors (Lipinski definition) is 0. The molecule has 60 heavy (non-hydrogen) atoms. The summed E-state index contributed by atoms with van der Waals surface area (Å²) in [6, 6.07) is 23.9. The van der Waals surface area contributed by atoms with Crippen LogP contribution in [0.2, 0.25) is 0 Å². The predicted octanol–water partition coefficient (Wildman–Crippen LogP) is 5.31. The van der Waals surface area contributed by atoms with Gasteiger partial charge in [-0.3, -0.25) is 0 Å². The summed E-state index contributed by atoms with van der Waals surface area (Å²) in [7, 11) is 0. The summed E-state index contributed by atoms with van der Waals surface area (Å²) >= 11 is 0. The molecule has 0 aromatic heterocycles. The first kappa shape index (κ1) is 43.6. The topological polar surface area (TPSA) is 126 Å². The Labute approximate surface area is 351 Å². The molecule has 6 rings (SSSR count). The second kappa shape index (κ2) is 23.5. The number of ether oxygens (including phenoxy) is 10. The minimum atomic E-state index is -0.581. The fraction of sp³-hybridized carbons (Fsp3) is 0.375. The predicted molar refractivity (Wildman–Crippen MR) is 222 cm³/mol. The van der Waals surface area contributed by atoms with Crippen molar-refractivity contribution in [3.63, 3.8) is 0 Å². The van der Waals surface area contributed by atoms with E-state index in [-0.39, 0.29) is 39.6 Å². The zero-order valence-corrected chi connectivity index (χ0v) is 33.7. The van der Waals surface area contributed by atoms with E-state index >= 15 is 0 Å². The Morgan fingerprint density at radius 3 is 1.03 bits per heavy atom. The molecule has 0 N–H and O–H groups in total. The van der Waals surface area contributed by atoms with E-state index in [1.54, 1.807) is 0 Å². The molecule has 314 valence electrons. The van der Waals surface area contributed by atoms with Crippen LogP contribution < -0.4 is 18.9 Å². The molecule has 0 radical (unpaired) electrons. The van der Waals surface area contributed by atoms with Crippen molar-refractivity contribution >= 4 is 11.9 Å². The average molecular weight is 819 g/mol. The molecule has 1 aliphatic heterocycles. The molecule has 0 spiro atoms. The molecule has 12 nitrogen and oxygen atoms in total. The summed E-state index contributed by atoms with van der Waals surface area (Å²) in [6.45, 7) is 2.65. The summed E-state index contributed by atoms with van der Waals surface area (Å²) in [5.74, 6) is 5.93. The van der Waals surface area contributed by atoms with Crippen LogP contribution in [0.5, 0.6) is 23.0 Å². The van der Waals surface area contributed by atoms with Crippen LogP contribution in [0.3, 0.4) is 0 Å². The van der Waals surface area contributed by atoms with E-state index in [1.165, 1.54) is 0 Å². The maximum absolute atomic E-state index is 12.7. The van der Waals surface area contributed by atoms with Crippen molar-refractivity contribution in [2.75, 3.05) is 92.5 Å². The molecule has 0 saturated heterocycles. The Morgan fingerprint density at radius 2 is 0.733 bits per heavy atom. The van der Waals surface area contributed by atoms with Crippen molar-refractivity contribution in [2.24, 2.45) is 0 Å². The minimum absolute atomic E-state index is 0.157. The molecule has 0 saturated carbocycles. The highest BCUT2D eigenvalue weighted by Crippen LogP contribution is 2.39. The average Bonchev–Trinajstić information content (AvgIpc) is 3.25. The molecule has 1 heterocycles.